The Morgan fingerprint density at radius 1 is 1.06 bits per heavy atom. The van der Waals surface area contributed by atoms with Crippen LogP contribution in [0.1, 0.15) is 30.3 Å². The fourth-order valence-corrected chi connectivity index (χ4v) is 5.07. The Kier molecular flexibility index (Phi) is 7.13. The molecule has 2 fully saturated rings. The summed E-state index contributed by atoms with van der Waals surface area (Å²) in [5.74, 6) is 3.18. The molecule has 1 aromatic carbocycles. The number of carbonyl (C=O) groups excluding carboxylic acids is 1. The number of fused-ring (bicyclic) bond motifs is 1. The second-order valence-electron chi connectivity index (χ2n) is 8.96. The summed E-state index contributed by atoms with van der Waals surface area (Å²) in [5, 5.41) is 0.925. The number of morpholine rings is 1. The molecule has 0 unspecified atom stereocenters. The van der Waals surface area contributed by atoms with Gasteiger partial charge in [-0.3, -0.25) is 4.79 Å². The zero-order valence-electron chi connectivity index (χ0n) is 21.1. The monoisotopic (exact) mass is 495 g/mol. The van der Waals surface area contributed by atoms with Gasteiger partial charge in [0.15, 0.2) is 17.3 Å². The Morgan fingerprint density at radius 3 is 2.42 bits per heavy atom. The maximum atomic E-state index is 12.9. The van der Waals surface area contributed by atoms with Gasteiger partial charge in [0.1, 0.15) is 5.82 Å². The number of benzene rings is 1. The predicted octanol–water partition coefficient (Wildman–Crippen LogP) is 3.21. The second-order valence-corrected chi connectivity index (χ2v) is 8.96. The molecule has 2 aliphatic rings. The lowest BCUT2D eigenvalue weighted by molar-refractivity contribution is 0.0630. The molecule has 4 heterocycles. The summed E-state index contributed by atoms with van der Waals surface area (Å²) in [7, 11) is 3.26. The average molecular weight is 496 g/mol. The van der Waals surface area contributed by atoms with Crippen molar-refractivity contribution in [2.75, 3.05) is 70.0 Å². The molecule has 2 saturated heterocycles. The fourth-order valence-electron chi connectivity index (χ4n) is 5.07. The molecule has 10 heteroatoms. The van der Waals surface area contributed by atoms with Crippen LogP contribution in [-0.4, -0.2) is 87.0 Å². The van der Waals surface area contributed by atoms with Crippen LogP contribution in [0, 0.1) is 0 Å². The second kappa shape index (κ2) is 10.6. The quantitative estimate of drug-likeness (QED) is 0.490. The van der Waals surface area contributed by atoms with Gasteiger partial charge in [-0.05, 0) is 38.0 Å². The lowest BCUT2D eigenvalue weighted by Crippen LogP contribution is -2.47. The minimum absolute atomic E-state index is 0.0569. The Labute approximate surface area is 210 Å². The highest BCUT2D eigenvalue weighted by atomic mass is 16.5. The van der Waals surface area contributed by atoms with E-state index in [1.807, 2.05) is 24.0 Å². The van der Waals surface area contributed by atoms with Crippen molar-refractivity contribution in [1.29, 1.82) is 0 Å². The van der Waals surface area contributed by atoms with E-state index in [1.165, 1.54) is 6.26 Å². The van der Waals surface area contributed by atoms with Crippen LogP contribution in [0.3, 0.4) is 0 Å². The van der Waals surface area contributed by atoms with Crippen LogP contribution >= 0.6 is 0 Å². The fraction of sp³-hybridized carbons (Fsp3) is 0.500. The van der Waals surface area contributed by atoms with Crippen molar-refractivity contribution in [3.8, 4) is 11.5 Å². The zero-order valence-corrected chi connectivity index (χ0v) is 21.1. The number of nitrogens with zero attached hydrogens (tertiary/aromatic N) is 5. The van der Waals surface area contributed by atoms with Crippen molar-refractivity contribution in [2.45, 2.75) is 25.8 Å². The van der Waals surface area contributed by atoms with Crippen molar-refractivity contribution in [2.24, 2.45) is 0 Å². The minimum atomic E-state index is -0.0569. The van der Waals surface area contributed by atoms with Gasteiger partial charge in [-0.25, -0.2) is 4.98 Å². The van der Waals surface area contributed by atoms with Crippen molar-refractivity contribution in [3.05, 3.63) is 36.3 Å². The molecule has 3 aromatic rings. The first-order valence-electron chi connectivity index (χ1n) is 12.5. The van der Waals surface area contributed by atoms with Crippen molar-refractivity contribution in [1.82, 2.24) is 14.9 Å². The molecular formula is C26H33N5O5. The molecular weight excluding hydrogens is 462 g/mol. The lowest BCUT2D eigenvalue weighted by atomic mass is 10.0. The summed E-state index contributed by atoms with van der Waals surface area (Å²) < 4.78 is 22.0. The number of piperidine rings is 1. The highest BCUT2D eigenvalue weighted by Gasteiger charge is 2.30. The van der Waals surface area contributed by atoms with E-state index in [1.54, 1.807) is 26.4 Å². The Bertz CT molecular complexity index is 1190. The topological polar surface area (TPSA) is 93.4 Å². The molecule has 36 heavy (non-hydrogen) atoms. The van der Waals surface area contributed by atoms with Gasteiger partial charge < -0.3 is 33.3 Å². The molecule has 5 rings (SSSR count). The molecule has 0 N–H and O–H groups in total. The average Bonchev–Trinajstić information content (AvgIpc) is 3.48. The van der Waals surface area contributed by atoms with Gasteiger partial charge in [-0.15, -0.1) is 0 Å². The summed E-state index contributed by atoms with van der Waals surface area (Å²) in [4.78, 5) is 29.3. The SMILES string of the molecule is CCN(C(=O)c1ccco1)C1CCN(c2nc(N3CCOCC3)c3cc(OC)c(OC)cc3n2)CC1. The number of rotatable bonds is 7. The maximum absolute atomic E-state index is 12.9. The number of hydrogen-bond donors (Lipinski definition) is 0. The first kappa shape index (κ1) is 24.2. The molecule has 2 aliphatic heterocycles. The number of anilines is 2. The van der Waals surface area contributed by atoms with Gasteiger partial charge >= 0.3 is 0 Å². The van der Waals surface area contributed by atoms with E-state index in [9.17, 15) is 4.79 Å². The molecule has 192 valence electrons. The van der Waals surface area contributed by atoms with Crippen molar-refractivity contribution < 1.29 is 23.4 Å². The number of amides is 1. The highest BCUT2D eigenvalue weighted by Crippen LogP contribution is 2.37. The molecule has 0 bridgehead atoms. The highest BCUT2D eigenvalue weighted by molar-refractivity contribution is 5.93. The van der Waals surface area contributed by atoms with Gasteiger partial charge in [-0.2, -0.15) is 4.98 Å². The number of furan rings is 1. The molecule has 0 aliphatic carbocycles. The van der Waals surface area contributed by atoms with E-state index < -0.39 is 0 Å². The third-order valence-electron chi connectivity index (χ3n) is 7.00. The van der Waals surface area contributed by atoms with Gasteiger partial charge in [0, 0.05) is 50.2 Å². The van der Waals surface area contributed by atoms with Crippen LogP contribution in [0.5, 0.6) is 11.5 Å². The van der Waals surface area contributed by atoms with Crippen molar-refractivity contribution >= 4 is 28.6 Å². The molecule has 1 amide bonds. The number of aromatic nitrogens is 2. The van der Waals surface area contributed by atoms with E-state index in [4.69, 9.17) is 28.6 Å². The van der Waals surface area contributed by atoms with E-state index >= 15 is 0 Å². The summed E-state index contributed by atoms with van der Waals surface area (Å²) in [6.45, 7) is 7.02. The summed E-state index contributed by atoms with van der Waals surface area (Å²) in [6.07, 6.45) is 3.21. The molecule has 2 aromatic heterocycles. The van der Waals surface area contributed by atoms with Crippen LogP contribution in [-0.2, 0) is 4.74 Å². The summed E-state index contributed by atoms with van der Waals surface area (Å²) in [5.41, 5.74) is 0.810. The maximum Gasteiger partial charge on any atom is 0.289 e. The first-order chi connectivity index (χ1) is 17.6. The Balaban J connectivity index is 1.42. The van der Waals surface area contributed by atoms with Crippen LogP contribution in [0.15, 0.2) is 34.9 Å². The van der Waals surface area contributed by atoms with E-state index in [-0.39, 0.29) is 11.9 Å². The van der Waals surface area contributed by atoms with Crippen LogP contribution in [0.4, 0.5) is 11.8 Å². The van der Waals surface area contributed by atoms with Gasteiger partial charge in [0.05, 0.1) is 39.2 Å². The van der Waals surface area contributed by atoms with Crippen molar-refractivity contribution in [3.63, 3.8) is 0 Å². The predicted molar refractivity (Wildman–Crippen MR) is 136 cm³/mol. The molecule has 10 nitrogen and oxygen atoms in total. The standard InChI is InChI=1S/C26H33N5O5/c1-4-31(25(32)21-6-5-13-36-21)18-7-9-30(10-8-18)26-27-20-17-23(34-3)22(33-2)16-19(20)24(28-26)29-11-14-35-15-12-29/h5-6,13,16-18H,4,7-12,14-15H2,1-3H3. The summed E-state index contributed by atoms with van der Waals surface area (Å²) >= 11 is 0. The Hall–Kier alpha value is -3.53. The van der Waals surface area contributed by atoms with Crippen LogP contribution in [0.2, 0.25) is 0 Å². The molecule has 0 radical (unpaired) electrons. The molecule has 0 atom stereocenters. The first-order valence-corrected chi connectivity index (χ1v) is 12.5. The lowest BCUT2D eigenvalue weighted by Gasteiger charge is -2.38. The molecule has 0 spiro atoms. The van der Waals surface area contributed by atoms with E-state index in [0.717, 1.165) is 55.7 Å². The minimum Gasteiger partial charge on any atom is -0.493 e. The largest absolute Gasteiger partial charge is 0.493 e. The van der Waals surface area contributed by atoms with Crippen LogP contribution in [0.25, 0.3) is 10.9 Å². The summed E-state index contributed by atoms with van der Waals surface area (Å²) in [6, 6.07) is 7.48. The third-order valence-corrected chi connectivity index (χ3v) is 7.00. The van der Waals surface area contributed by atoms with E-state index in [0.29, 0.717) is 43.0 Å². The number of carbonyl (C=O) groups is 1. The van der Waals surface area contributed by atoms with E-state index in [2.05, 4.69) is 9.80 Å². The smallest absolute Gasteiger partial charge is 0.289 e. The Morgan fingerprint density at radius 2 is 1.78 bits per heavy atom. The normalized spacial score (nSPS) is 16.9. The number of hydrogen-bond acceptors (Lipinski definition) is 9. The van der Waals surface area contributed by atoms with Gasteiger partial charge in [-0.1, -0.05) is 0 Å². The zero-order chi connectivity index (χ0) is 25.1. The number of ether oxygens (including phenoxy) is 3. The van der Waals surface area contributed by atoms with Crippen LogP contribution < -0.4 is 19.3 Å². The van der Waals surface area contributed by atoms with Gasteiger partial charge in [0.2, 0.25) is 5.95 Å². The van der Waals surface area contributed by atoms with Gasteiger partial charge in [0.25, 0.3) is 5.91 Å². The third kappa shape index (κ3) is 4.65. The number of methoxy groups -OCH3 is 2. The molecule has 0 saturated carbocycles.